The number of hydrogen-bond donors (Lipinski definition) is 0. The van der Waals surface area contributed by atoms with Gasteiger partial charge in [-0.15, -0.1) is 0 Å². The Bertz CT molecular complexity index is 1560. The SMILES string of the molecule is CC/C=C\C/C=C\C/C=C\C/C=C\C/C=C\CCCCCCCCCCCCCCCC(=O)OCC(COC(=O)CCCCCCC/C=C\CCCCCCC)OC(=O)CCCCCCCCCCC/C=C\C/C=C\CCCCC. The van der Waals surface area contributed by atoms with Gasteiger partial charge in [0.05, 0.1) is 0 Å². The second-order valence-corrected chi connectivity index (χ2v) is 22.7. The van der Waals surface area contributed by atoms with Crippen molar-refractivity contribution in [1.82, 2.24) is 0 Å². The van der Waals surface area contributed by atoms with E-state index in [0.717, 1.165) is 103 Å². The first kappa shape index (κ1) is 76.3. The summed E-state index contributed by atoms with van der Waals surface area (Å²) in [6.45, 7) is 6.52. The van der Waals surface area contributed by atoms with Gasteiger partial charge in [0, 0.05) is 19.3 Å². The van der Waals surface area contributed by atoms with Crippen LogP contribution in [0.25, 0.3) is 0 Å². The highest BCUT2D eigenvalue weighted by Crippen LogP contribution is 2.17. The maximum atomic E-state index is 12.9. The summed E-state index contributed by atoms with van der Waals surface area (Å²) in [5, 5.41) is 0. The minimum Gasteiger partial charge on any atom is -0.462 e. The van der Waals surface area contributed by atoms with Crippen LogP contribution in [0.4, 0.5) is 0 Å². The topological polar surface area (TPSA) is 78.9 Å². The molecule has 0 spiro atoms. The van der Waals surface area contributed by atoms with Crippen molar-refractivity contribution in [1.29, 1.82) is 0 Å². The lowest BCUT2D eigenvalue weighted by atomic mass is 10.0. The minimum atomic E-state index is -0.785. The molecule has 0 rings (SSSR count). The molecule has 0 aliphatic heterocycles. The van der Waals surface area contributed by atoms with E-state index in [1.54, 1.807) is 0 Å². The fourth-order valence-corrected chi connectivity index (χ4v) is 9.67. The molecule has 80 heavy (non-hydrogen) atoms. The first-order chi connectivity index (χ1) is 39.5. The molecular weight excluding hydrogens is 985 g/mol. The Hall–Kier alpha value is -3.67. The van der Waals surface area contributed by atoms with Gasteiger partial charge in [0.2, 0.25) is 0 Å². The highest BCUT2D eigenvalue weighted by atomic mass is 16.6. The summed E-state index contributed by atoms with van der Waals surface area (Å²) in [5.74, 6) is -0.880. The summed E-state index contributed by atoms with van der Waals surface area (Å²) >= 11 is 0. The molecule has 1 unspecified atom stereocenters. The Kier molecular flexibility index (Phi) is 64.7. The molecule has 0 amide bonds. The number of allylic oxidation sites excluding steroid dienone is 16. The zero-order valence-electron chi connectivity index (χ0n) is 52.8. The molecule has 0 saturated heterocycles. The van der Waals surface area contributed by atoms with Crippen molar-refractivity contribution >= 4 is 17.9 Å². The van der Waals surface area contributed by atoms with Crippen LogP contribution in [-0.4, -0.2) is 37.2 Å². The monoisotopic (exact) mass is 1110 g/mol. The average Bonchev–Trinajstić information content (AvgIpc) is 3.46. The van der Waals surface area contributed by atoms with E-state index >= 15 is 0 Å². The largest absolute Gasteiger partial charge is 0.462 e. The Balaban J connectivity index is 4.28. The average molecular weight is 1110 g/mol. The molecule has 0 aromatic carbocycles. The second kappa shape index (κ2) is 67.8. The van der Waals surface area contributed by atoms with Crippen LogP contribution in [0.5, 0.6) is 0 Å². The summed E-state index contributed by atoms with van der Waals surface area (Å²) in [4.78, 5) is 38.4. The van der Waals surface area contributed by atoms with Gasteiger partial charge < -0.3 is 14.2 Å². The van der Waals surface area contributed by atoms with Crippen molar-refractivity contribution in [2.24, 2.45) is 0 Å². The van der Waals surface area contributed by atoms with Crippen LogP contribution in [0.2, 0.25) is 0 Å². The molecule has 0 aromatic rings. The maximum Gasteiger partial charge on any atom is 0.306 e. The molecule has 0 heterocycles. The molecule has 0 N–H and O–H groups in total. The van der Waals surface area contributed by atoms with Crippen molar-refractivity contribution in [3.05, 3.63) is 97.2 Å². The minimum absolute atomic E-state index is 0.0803. The van der Waals surface area contributed by atoms with Crippen LogP contribution >= 0.6 is 0 Å². The normalized spacial score (nSPS) is 12.7. The lowest BCUT2D eigenvalue weighted by Gasteiger charge is -2.18. The third-order valence-corrected chi connectivity index (χ3v) is 14.8. The van der Waals surface area contributed by atoms with Gasteiger partial charge in [-0.25, -0.2) is 0 Å². The fraction of sp³-hybridized carbons (Fsp3) is 0.743. The van der Waals surface area contributed by atoms with Crippen LogP contribution in [-0.2, 0) is 28.6 Å². The molecule has 0 saturated carbocycles. The summed E-state index contributed by atoms with van der Waals surface area (Å²) in [6, 6.07) is 0. The molecule has 0 fully saturated rings. The Morgan fingerprint density at radius 2 is 0.487 bits per heavy atom. The van der Waals surface area contributed by atoms with Crippen LogP contribution in [0.3, 0.4) is 0 Å². The number of carbonyl (C=O) groups excluding carboxylic acids is 3. The number of ether oxygens (including phenoxy) is 3. The summed E-state index contributed by atoms with van der Waals surface area (Å²) in [7, 11) is 0. The van der Waals surface area contributed by atoms with E-state index in [1.165, 1.54) is 193 Å². The Morgan fingerprint density at radius 3 is 0.800 bits per heavy atom. The van der Waals surface area contributed by atoms with Gasteiger partial charge in [-0.3, -0.25) is 14.4 Å². The number of esters is 3. The predicted octanol–water partition coefficient (Wildman–Crippen LogP) is 23.6. The number of carbonyl (C=O) groups is 3. The third kappa shape index (κ3) is 65.1. The zero-order chi connectivity index (χ0) is 57.8. The van der Waals surface area contributed by atoms with Gasteiger partial charge in [-0.05, 0) is 122 Å². The molecular formula is C74H128O6. The summed E-state index contributed by atoms with van der Waals surface area (Å²) in [6.07, 6.45) is 91.3. The predicted molar refractivity (Wildman–Crippen MR) is 348 cm³/mol. The first-order valence-electron chi connectivity index (χ1n) is 34.2. The van der Waals surface area contributed by atoms with Gasteiger partial charge in [0.25, 0.3) is 0 Å². The molecule has 0 aromatic heterocycles. The van der Waals surface area contributed by atoms with Crippen LogP contribution < -0.4 is 0 Å². The lowest BCUT2D eigenvalue weighted by Crippen LogP contribution is -2.30. The molecule has 0 aliphatic rings. The van der Waals surface area contributed by atoms with Crippen LogP contribution in [0.1, 0.15) is 335 Å². The Morgan fingerprint density at radius 1 is 0.263 bits per heavy atom. The van der Waals surface area contributed by atoms with Crippen molar-refractivity contribution in [3.8, 4) is 0 Å². The Labute approximate surface area is 496 Å². The van der Waals surface area contributed by atoms with Crippen LogP contribution in [0.15, 0.2) is 97.2 Å². The third-order valence-electron chi connectivity index (χ3n) is 14.8. The van der Waals surface area contributed by atoms with E-state index in [0.29, 0.717) is 19.3 Å². The number of rotatable bonds is 62. The molecule has 460 valence electrons. The molecule has 6 nitrogen and oxygen atoms in total. The second-order valence-electron chi connectivity index (χ2n) is 22.7. The maximum absolute atomic E-state index is 12.9. The highest BCUT2D eigenvalue weighted by Gasteiger charge is 2.19. The van der Waals surface area contributed by atoms with Crippen LogP contribution in [0, 0.1) is 0 Å². The quantitative estimate of drug-likeness (QED) is 0.0261. The van der Waals surface area contributed by atoms with E-state index < -0.39 is 6.10 Å². The van der Waals surface area contributed by atoms with E-state index in [4.69, 9.17) is 14.2 Å². The van der Waals surface area contributed by atoms with Crippen molar-refractivity contribution in [2.45, 2.75) is 341 Å². The van der Waals surface area contributed by atoms with Gasteiger partial charge in [-0.1, -0.05) is 291 Å². The van der Waals surface area contributed by atoms with E-state index in [9.17, 15) is 14.4 Å². The summed E-state index contributed by atoms with van der Waals surface area (Å²) in [5.41, 5.74) is 0. The number of hydrogen-bond acceptors (Lipinski definition) is 6. The van der Waals surface area contributed by atoms with E-state index in [1.807, 2.05) is 0 Å². The van der Waals surface area contributed by atoms with Crippen molar-refractivity contribution in [3.63, 3.8) is 0 Å². The fourth-order valence-electron chi connectivity index (χ4n) is 9.67. The van der Waals surface area contributed by atoms with Gasteiger partial charge in [0.1, 0.15) is 13.2 Å². The standard InChI is InChI=1S/C74H128O6/c1-4-7-10-13-16-19-22-25-28-30-32-33-34-35-36-37-38-39-40-41-43-44-46-49-52-55-58-61-64-67-73(76)79-70-71(69-78-72(75)66-63-60-57-54-51-48-27-24-21-18-15-12-9-6-3)80-74(77)68-65-62-59-56-53-50-47-45-42-31-29-26-23-20-17-14-11-8-5-2/h7,10,16-17,19-20,24-29,32-33,35-36,71H,4-6,8-9,11-15,18,21-23,30-31,34,37-70H2,1-3H3/b10-7-,19-16-,20-17-,27-24-,28-25-,29-26-,33-32-,36-35-. The molecule has 1 atom stereocenters. The molecule has 0 radical (unpaired) electrons. The van der Waals surface area contributed by atoms with Gasteiger partial charge in [0.15, 0.2) is 6.10 Å². The lowest BCUT2D eigenvalue weighted by molar-refractivity contribution is -0.167. The molecule has 0 aliphatic carbocycles. The number of unbranched alkanes of at least 4 members (excludes halogenated alkanes) is 35. The van der Waals surface area contributed by atoms with Gasteiger partial charge in [-0.2, -0.15) is 0 Å². The zero-order valence-corrected chi connectivity index (χ0v) is 52.8. The summed E-state index contributed by atoms with van der Waals surface area (Å²) < 4.78 is 17.0. The first-order valence-corrected chi connectivity index (χ1v) is 34.2. The van der Waals surface area contributed by atoms with E-state index in [-0.39, 0.29) is 31.1 Å². The molecule has 6 heteroatoms. The molecule has 0 bridgehead atoms. The van der Waals surface area contributed by atoms with Gasteiger partial charge >= 0.3 is 17.9 Å². The van der Waals surface area contributed by atoms with Crippen molar-refractivity contribution in [2.75, 3.05) is 13.2 Å². The highest BCUT2D eigenvalue weighted by molar-refractivity contribution is 5.71. The smallest absolute Gasteiger partial charge is 0.306 e. The van der Waals surface area contributed by atoms with Crippen molar-refractivity contribution < 1.29 is 28.6 Å². The van der Waals surface area contributed by atoms with E-state index in [2.05, 4.69) is 118 Å².